The summed E-state index contributed by atoms with van der Waals surface area (Å²) < 4.78 is 30.6. The summed E-state index contributed by atoms with van der Waals surface area (Å²) in [6, 6.07) is -1.19. The number of carbonyl (C=O) groups is 4. The summed E-state index contributed by atoms with van der Waals surface area (Å²) in [7, 11) is 0. The van der Waals surface area contributed by atoms with Crippen LogP contribution in [0.15, 0.2) is 0 Å². The van der Waals surface area contributed by atoms with E-state index in [0.29, 0.717) is 6.42 Å². The predicted octanol–water partition coefficient (Wildman–Crippen LogP) is 3.20. The van der Waals surface area contributed by atoms with Crippen molar-refractivity contribution >= 4 is 58.8 Å². The van der Waals surface area contributed by atoms with Crippen molar-refractivity contribution in [1.29, 1.82) is 0 Å². The van der Waals surface area contributed by atoms with E-state index in [2.05, 4.69) is 12.2 Å². The fourth-order valence-electron chi connectivity index (χ4n) is 3.25. The van der Waals surface area contributed by atoms with Crippen molar-refractivity contribution in [3.63, 3.8) is 0 Å². The molecule has 1 aliphatic rings. The first-order chi connectivity index (χ1) is 16.3. The Kier molecular flexibility index (Phi) is 14.0. The van der Waals surface area contributed by atoms with E-state index in [-0.39, 0.29) is 13.2 Å². The van der Waals surface area contributed by atoms with Gasteiger partial charge >= 0.3 is 24.0 Å². The van der Waals surface area contributed by atoms with Gasteiger partial charge in [0.1, 0.15) is 25.4 Å². The van der Waals surface area contributed by atoms with Gasteiger partial charge in [-0.1, -0.05) is 61.0 Å². The van der Waals surface area contributed by atoms with Gasteiger partial charge in [0.25, 0.3) is 0 Å². The van der Waals surface area contributed by atoms with Gasteiger partial charge in [-0.3, -0.25) is 14.4 Å². The van der Waals surface area contributed by atoms with Gasteiger partial charge in [0, 0.05) is 27.4 Å². The zero-order chi connectivity index (χ0) is 26.6. The van der Waals surface area contributed by atoms with Gasteiger partial charge in [-0.05, 0) is 6.42 Å². The molecule has 0 aromatic carbocycles. The van der Waals surface area contributed by atoms with E-state index < -0.39 is 65.0 Å². The number of hydrogen-bond donors (Lipinski definition) is 1. The fraction of sp³-hybridized carbons (Fsp3) is 0.810. The van der Waals surface area contributed by atoms with Gasteiger partial charge in [-0.2, -0.15) is 0 Å². The molecular weight excluding hydrogens is 533 g/mol. The van der Waals surface area contributed by atoms with Crippen LogP contribution in [0.4, 0.5) is 4.79 Å². The second-order valence-corrected chi connectivity index (χ2v) is 10.3. The molecule has 11 nitrogen and oxygen atoms in total. The van der Waals surface area contributed by atoms with Crippen LogP contribution in [0.5, 0.6) is 0 Å². The Bertz CT molecular complexity index is 718. The number of alkyl carbamates (subject to hydrolysis) is 1. The number of nitrogens with one attached hydrogen (secondary N) is 1. The number of carbonyl (C=O) groups excluding carboxylic acids is 4. The second-order valence-electron chi connectivity index (χ2n) is 7.79. The molecule has 0 unspecified atom stereocenters. The zero-order valence-corrected chi connectivity index (χ0v) is 22.3. The Morgan fingerprint density at radius 1 is 0.886 bits per heavy atom. The lowest BCUT2D eigenvalue weighted by atomic mass is 9.96. The van der Waals surface area contributed by atoms with Crippen molar-refractivity contribution in [1.82, 2.24) is 5.32 Å². The average molecular weight is 565 g/mol. The Morgan fingerprint density at radius 2 is 1.51 bits per heavy atom. The number of esters is 3. The minimum atomic E-state index is -1.86. The third kappa shape index (κ3) is 12.8. The molecule has 35 heavy (non-hydrogen) atoms. The number of halogens is 3. The van der Waals surface area contributed by atoms with Crippen LogP contribution >= 0.6 is 34.8 Å². The Morgan fingerprint density at radius 3 is 2.06 bits per heavy atom. The zero-order valence-electron chi connectivity index (χ0n) is 20.1. The van der Waals surface area contributed by atoms with E-state index in [1.165, 1.54) is 6.92 Å². The molecule has 0 saturated carbocycles. The highest BCUT2D eigenvalue weighted by atomic mass is 35.6. The molecule has 14 heteroatoms. The van der Waals surface area contributed by atoms with Gasteiger partial charge < -0.3 is 33.7 Å². The molecule has 1 amide bonds. The minimum Gasteiger partial charge on any atom is -0.463 e. The van der Waals surface area contributed by atoms with E-state index in [1.807, 2.05) is 0 Å². The van der Waals surface area contributed by atoms with Crippen LogP contribution in [0.25, 0.3) is 0 Å². The van der Waals surface area contributed by atoms with Crippen LogP contribution in [-0.2, 0) is 42.8 Å². The van der Waals surface area contributed by atoms with Gasteiger partial charge in [0.15, 0.2) is 18.5 Å². The predicted molar refractivity (Wildman–Crippen MR) is 125 cm³/mol. The van der Waals surface area contributed by atoms with E-state index in [1.54, 1.807) is 0 Å². The monoisotopic (exact) mass is 563 g/mol. The first kappa shape index (κ1) is 31.5. The molecule has 0 aliphatic carbocycles. The third-order valence-corrected chi connectivity index (χ3v) is 4.96. The summed E-state index contributed by atoms with van der Waals surface area (Å²) in [4.78, 5) is 47.5. The van der Waals surface area contributed by atoms with Gasteiger partial charge in [0.2, 0.25) is 3.79 Å². The molecule has 1 heterocycles. The summed E-state index contributed by atoms with van der Waals surface area (Å²) in [5.74, 6) is -2.06. The molecule has 0 spiro atoms. The maximum absolute atomic E-state index is 12.4. The van der Waals surface area contributed by atoms with E-state index in [4.69, 9.17) is 63.2 Å². The molecule has 1 aliphatic heterocycles. The molecular formula is C21H32Cl3NO10. The van der Waals surface area contributed by atoms with Crippen LogP contribution in [0.2, 0.25) is 0 Å². The lowest BCUT2D eigenvalue weighted by molar-refractivity contribution is -0.277. The number of unbranched alkanes of at least 4 members (excludes halogenated alkanes) is 3. The highest BCUT2D eigenvalue weighted by molar-refractivity contribution is 6.67. The molecule has 0 radical (unpaired) electrons. The largest absolute Gasteiger partial charge is 0.463 e. The van der Waals surface area contributed by atoms with Crippen molar-refractivity contribution in [2.45, 2.75) is 87.8 Å². The molecule has 1 N–H and O–H groups in total. The summed E-state index contributed by atoms with van der Waals surface area (Å²) >= 11 is 16.9. The van der Waals surface area contributed by atoms with Crippen LogP contribution in [0, 0.1) is 0 Å². The van der Waals surface area contributed by atoms with Crippen molar-refractivity contribution in [3.05, 3.63) is 0 Å². The molecule has 0 bridgehead atoms. The Balaban J connectivity index is 3.22. The first-order valence-corrected chi connectivity index (χ1v) is 12.2. The molecule has 202 valence electrons. The lowest BCUT2D eigenvalue weighted by Gasteiger charge is -2.44. The van der Waals surface area contributed by atoms with Crippen molar-refractivity contribution in [2.75, 3.05) is 19.8 Å². The van der Waals surface area contributed by atoms with Crippen LogP contribution < -0.4 is 5.32 Å². The Labute approximate surface area is 219 Å². The topological polar surface area (TPSA) is 136 Å². The number of rotatable bonds is 12. The number of ether oxygens (including phenoxy) is 6. The molecule has 0 aromatic rings. The van der Waals surface area contributed by atoms with Gasteiger partial charge in [-0.25, -0.2) is 4.79 Å². The maximum atomic E-state index is 12.4. The lowest BCUT2D eigenvalue weighted by Crippen LogP contribution is -2.66. The van der Waals surface area contributed by atoms with E-state index in [9.17, 15) is 19.2 Å². The number of hydrogen-bond acceptors (Lipinski definition) is 10. The highest BCUT2D eigenvalue weighted by Crippen LogP contribution is 2.29. The van der Waals surface area contributed by atoms with Crippen molar-refractivity contribution in [2.24, 2.45) is 0 Å². The summed E-state index contributed by atoms with van der Waals surface area (Å²) in [6.07, 6.45) is -2.22. The minimum absolute atomic E-state index is 0.247. The number of amides is 1. The Hall–Kier alpha value is -1.53. The summed E-state index contributed by atoms with van der Waals surface area (Å²) in [6.45, 7) is 4.89. The van der Waals surface area contributed by atoms with Crippen LogP contribution in [0.3, 0.4) is 0 Å². The smallest absolute Gasteiger partial charge is 0.407 e. The maximum Gasteiger partial charge on any atom is 0.407 e. The average Bonchev–Trinajstić information content (AvgIpc) is 2.73. The van der Waals surface area contributed by atoms with Crippen LogP contribution in [0.1, 0.15) is 53.4 Å². The quantitative estimate of drug-likeness (QED) is 0.163. The third-order valence-electron chi connectivity index (χ3n) is 4.63. The normalized spacial score (nSPS) is 24.3. The van der Waals surface area contributed by atoms with E-state index >= 15 is 0 Å². The first-order valence-electron chi connectivity index (χ1n) is 11.1. The summed E-state index contributed by atoms with van der Waals surface area (Å²) in [5.41, 5.74) is 0. The molecule has 0 aromatic heterocycles. The molecule has 5 atom stereocenters. The van der Waals surface area contributed by atoms with E-state index in [0.717, 1.165) is 33.1 Å². The number of alkyl halides is 3. The van der Waals surface area contributed by atoms with Gasteiger partial charge in [0.05, 0.1) is 0 Å². The standard InChI is InChI=1S/C21H32Cl3NO10/c1-5-6-7-8-9-30-19-16(25-20(29)32-11-21(22,23)24)18(34-14(4)28)17(33-13(3)27)15(35-19)10-31-12(2)26/h15-19H,5-11H2,1-4H3,(H,25,29)/t15-,16-,17-,18-,19-/m1/s1. The molecule has 1 saturated heterocycles. The fourth-order valence-corrected chi connectivity index (χ4v) is 3.42. The van der Waals surface area contributed by atoms with Crippen molar-refractivity contribution < 1.29 is 47.6 Å². The van der Waals surface area contributed by atoms with Crippen molar-refractivity contribution in [3.8, 4) is 0 Å². The van der Waals surface area contributed by atoms with Crippen LogP contribution in [-0.4, -0.2) is 78.3 Å². The van der Waals surface area contributed by atoms with Gasteiger partial charge in [-0.15, -0.1) is 0 Å². The summed E-state index contributed by atoms with van der Waals surface area (Å²) in [5, 5.41) is 2.47. The highest BCUT2D eigenvalue weighted by Gasteiger charge is 2.51. The molecule has 1 fully saturated rings. The SMILES string of the molecule is CCCCCCO[C@@H]1O[C@H](COC(C)=O)[C@@H](OC(C)=O)[C@H](OC(C)=O)[C@H]1NC(=O)OCC(Cl)(Cl)Cl. The second kappa shape index (κ2) is 15.6. The molecule has 1 rings (SSSR count).